The number of hydrogen-bond acceptors (Lipinski definition) is 3. The van der Waals surface area contributed by atoms with Crippen molar-refractivity contribution in [1.29, 1.82) is 0 Å². The first kappa shape index (κ1) is 20.4. The van der Waals surface area contributed by atoms with Crippen LogP contribution in [0.4, 0.5) is 11.4 Å². The van der Waals surface area contributed by atoms with Crippen LogP contribution < -0.4 is 9.62 Å². The van der Waals surface area contributed by atoms with Gasteiger partial charge in [0.25, 0.3) is 10.0 Å². The highest BCUT2D eigenvalue weighted by Crippen LogP contribution is 2.32. The van der Waals surface area contributed by atoms with Crippen LogP contribution in [0.1, 0.15) is 47.6 Å². The van der Waals surface area contributed by atoms with E-state index in [2.05, 4.69) is 4.72 Å². The number of nitrogens with one attached hydrogen (secondary N) is 1. The average molecular weight is 401 g/mol. The van der Waals surface area contributed by atoms with Gasteiger partial charge in [-0.2, -0.15) is 0 Å². The summed E-state index contributed by atoms with van der Waals surface area (Å²) < 4.78 is 29.1. The van der Waals surface area contributed by atoms with Crippen LogP contribution in [-0.2, 0) is 21.2 Å². The molecule has 0 fully saturated rings. The quantitative estimate of drug-likeness (QED) is 0.808. The van der Waals surface area contributed by atoms with Gasteiger partial charge in [-0.15, -0.1) is 0 Å². The third kappa shape index (κ3) is 3.65. The number of nitrogens with zero attached hydrogens (tertiary/aromatic N) is 1. The lowest BCUT2D eigenvalue weighted by Gasteiger charge is -2.29. The second kappa shape index (κ2) is 7.59. The molecule has 28 heavy (non-hydrogen) atoms. The fourth-order valence-corrected chi connectivity index (χ4v) is 5.55. The molecule has 5 nitrogen and oxygen atoms in total. The maximum Gasteiger partial charge on any atom is 0.262 e. The van der Waals surface area contributed by atoms with Gasteiger partial charge in [0.2, 0.25) is 5.91 Å². The topological polar surface area (TPSA) is 66.5 Å². The summed E-state index contributed by atoms with van der Waals surface area (Å²) in [6.07, 6.45) is 1.97. The molecule has 0 saturated carbocycles. The highest BCUT2D eigenvalue weighted by atomic mass is 32.2. The molecule has 0 saturated heterocycles. The van der Waals surface area contributed by atoms with Gasteiger partial charge >= 0.3 is 0 Å². The van der Waals surface area contributed by atoms with E-state index >= 15 is 0 Å². The van der Waals surface area contributed by atoms with Crippen LogP contribution >= 0.6 is 0 Å². The molecule has 1 heterocycles. The van der Waals surface area contributed by atoms with E-state index in [1.54, 1.807) is 11.0 Å². The molecule has 0 unspecified atom stereocenters. The summed E-state index contributed by atoms with van der Waals surface area (Å²) in [5.74, 6) is 0.129. The minimum absolute atomic E-state index is 0.129. The van der Waals surface area contributed by atoms with Gasteiger partial charge in [-0.1, -0.05) is 13.0 Å². The number of rotatable bonds is 5. The molecule has 0 aromatic heterocycles. The minimum atomic E-state index is -3.71. The van der Waals surface area contributed by atoms with Crippen molar-refractivity contribution in [1.82, 2.24) is 0 Å². The van der Waals surface area contributed by atoms with Gasteiger partial charge in [-0.25, -0.2) is 8.42 Å². The van der Waals surface area contributed by atoms with Crippen molar-refractivity contribution < 1.29 is 13.2 Å². The monoisotopic (exact) mass is 400 g/mol. The Morgan fingerprint density at radius 1 is 1.00 bits per heavy atom. The van der Waals surface area contributed by atoms with E-state index in [9.17, 15) is 13.2 Å². The van der Waals surface area contributed by atoms with Crippen molar-refractivity contribution in [2.24, 2.45) is 0 Å². The molecule has 150 valence electrons. The SMILES string of the molecule is CCCN1C(=O)CCc2cc(NS(=O)(=O)c3c(C)c(C)cc(C)c3C)ccc21. The summed E-state index contributed by atoms with van der Waals surface area (Å²) in [4.78, 5) is 14.4. The van der Waals surface area contributed by atoms with Crippen LogP contribution in [0.25, 0.3) is 0 Å². The first-order valence-electron chi connectivity index (χ1n) is 9.69. The summed E-state index contributed by atoms with van der Waals surface area (Å²) in [5, 5.41) is 0. The van der Waals surface area contributed by atoms with Crippen LogP contribution in [0.5, 0.6) is 0 Å². The number of carbonyl (C=O) groups is 1. The van der Waals surface area contributed by atoms with Crippen LogP contribution in [0.3, 0.4) is 0 Å². The molecule has 1 aliphatic rings. The summed E-state index contributed by atoms with van der Waals surface area (Å²) in [7, 11) is -3.71. The van der Waals surface area contributed by atoms with E-state index in [-0.39, 0.29) is 5.91 Å². The Morgan fingerprint density at radius 2 is 1.64 bits per heavy atom. The van der Waals surface area contributed by atoms with Crippen LogP contribution in [0.15, 0.2) is 29.2 Å². The van der Waals surface area contributed by atoms with E-state index in [0.29, 0.717) is 30.0 Å². The first-order chi connectivity index (χ1) is 13.2. The molecule has 0 atom stereocenters. The van der Waals surface area contributed by atoms with Crippen LogP contribution in [-0.4, -0.2) is 20.9 Å². The van der Waals surface area contributed by atoms with Gasteiger partial charge in [-0.3, -0.25) is 9.52 Å². The molecule has 0 radical (unpaired) electrons. The third-order valence-electron chi connectivity index (χ3n) is 5.54. The summed E-state index contributed by atoms with van der Waals surface area (Å²) in [5.41, 5.74) is 5.89. The number of hydrogen-bond donors (Lipinski definition) is 1. The lowest BCUT2D eigenvalue weighted by atomic mass is 10.0. The van der Waals surface area contributed by atoms with Crippen molar-refractivity contribution in [3.63, 3.8) is 0 Å². The van der Waals surface area contributed by atoms with Crippen molar-refractivity contribution in [2.75, 3.05) is 16.2 Å². The van der Waals surface area contributed by atoms with E-state index < -0.39 is 10.0 Å². The Balaban J connectivity index is 1.98. The van der Waals surface area contributed by atoms with E-state index in [4.69, 9.17) is 0 Å². The number of carbonyl (C=O) groups excluding carboxylic acids is 1. The van der Waals surface area contributed by atoms with Crippen molar-refractivity contribution in [3.8, 4) is 0 Å². The highest BCUT2D eigenvalue weighted by Gasteiger charge is 2.26. The third-order valence-corrected chi connectivity index (χ3v) is 7.20. The van der Waals surface area contributed by atoms with Gasteiger partial charge in [0.05, 0.1) is 4.90 Å². The molecule has 6 heteroatoms. The van der Waals surface area contributed by atoms with E-state index in [1.807, 2.05) is 52.8 Å². The maximum absolute atomic E-state index is 13.2. The fraction of sp³-hybridized carbons (Fsp3) is 0.409. The normalized spacial score (nSPS) is 14.2. The Morgan fingerprint density at radius 3 is 2.25 bits per heavy atom. The average Bonchev–Trinajstić information content (AvgIpc) is 2.62. The predicted molar refractivity (Wildman–Crippen MR) is 114 cm³/mol. The molecule has 3 rings (SSSR count). The number of fused-ring (bicyclic) bond motifs is 1. The molecule has 2 aromatic carbocycles. The Kier molecular flexibility index (Phi) is 5.53. The van der Waals surface area contributed by atoms with Crippen LogP contribution in [0.2, 0.25) is 0 Å². The summed E-state index contributed by atoms with van der Waals surface area (Å²) in [6.45, 7) is 10.3. The standard InChI is InChI=1S/C22H28N2O3S/c1-6-11-24-20-9-8-19(13-18(20)7-10-21(24)25)23-28(26,27)22-16(4)14(2)12-15(3)17(22)5/h8-9,12-13,23H,6-7,10-11H2,1-5H3. The van der Waals surface area contributed by atoms with Crippen molar-refractivity contribution >= 4 is 27.3 Å². The summed E-state index contributed by atoms with van der Waals surface area (Å²) in [6, 6.07) is 7.46. The molecular weight excluding hydrogens is 372 g/mol. The number of benzene rings is 2. The van der Waals surface area contributed by atoms with Gasteiger partial charge in [0.15, 0.2) is 0 Å². The molecular formula is C22H28N2O3S. The number of anilines is 2. The molecule has 1 aliphatic heterocycles. The zero-order chi connectivity index (χ0) is 20.6. The molecule has 1 N–H and O–H groups in total. The number of sulfonamides is 1. The fourth-order valence-electron chi connectivity index (χ4n) is 3.88. The number of aryl methyl sites for hydroxylation is 3. The van der Waals surface area contributed by atoms with Gasteiger partial charge < -0.3 is 4.90 Å². The summed E-state index contributed by atoms with van der Waals surface area (Å²) >= 11 is 0. The van der Waals surface area contributed by atoms with Crippen molar-refractivity contribution in [3.05, 3.63) is 52.1 Å². The molecule has 0 bridgehead atoms. The zero-order valence-corrected chi connectivity index (χ0v) is 18.0. The van der Waals surface area contributed by atoms with E-state index in [1.165, 1.54) is 0 Å². The number of amides is 1. The van der Waals surface area contributed by atoms with Crippen LogP contribution in [0, 0.1) is 27.7 Å². The molecule has 0 aliphatic carbocycles. The lowest BCUT2D eigenvalue weighted by Crippen LogP contribution is -2.35. The molecule has 0 spiro atoms. The maximum atomic E-state index is 13.2. The largest absolute Gasteiger partial charge is 0.312 e. The van der Waals surface area contributed by atoms with Gasteiger partial charge in [0, 0.05) is 24.3 Å². The van der Waals surface area contributed by atoms with Crippen molar-refractivity contribution in [2.45, 2.75) is 58.8 Å². The highest BCUT2D eigenvalue weighted by molar-refractivity contribution is 7.92. The van der Waals surface area contributed by atoms with Gasteiger partial charge in [-0.05, 0) is 86.6 Å². The second-order valence-corrected chi connectivity index (χ2v) is 9.20. The Bertz CT molecular complexity index is 1020. The Hall–Kier alpha value is -2.34. The second-order valence-electron chi connectivity index (χ2n) is 7.58. The smallest absolute Gasteiger partial charge is 0.262 e. The van der Waals surface area contributed by atoms with E-state index in [0.717, 1.165) is 39.9 Å². The first-order valence-corrected chi connectivity index (χ1v) is 11.2. The predicted octanol–water partition coefficient (Wildman–Crippen LogP) is 4.41. The zero-order valence-electron chi connectivity index (χ0n) is 17.2. The van der Waals surface area contributed by atoms with Gasteiger partial charge in [0.1, 0.15) is 0 Å². The lowest BCUT2D eigenvalue weighted by molar-refractivity contribution is -0.118. The molecule has 2 aromatic rings. The minimum Gasteiger partial charge on any atom is -0.312 e. The molecule has 1 amide bonds. The Labute approximate surface area is 167 Å².